The lowest BCUT2D eigenvalue weighted by Gasteiger charge is -2.15. The van der Waals surface area contributed by atoms with Crippen molar-refractivity contribution in [1.29, 1.82) is 5.26 Å². The van der Waals surface area contributed by atoms with Gasteiger partial charge in [0.15, 0.2) is 0 Å². The molecule has 0 atom stereocenters. The normalized spacial score (nSPS) is 10.1. The maximum absolute atomic E-state index is 9.55. The molecular weight excluding hydrogens is 290 g/mol. The minimum Gasteiger partial charge on any atom is -0.384 e. The highest BCUT2D eigenvalue weighted by Crippen LogP contribution is 2.29. The Morgan fingerprint density at radius 2 is 1.55 bits per heavy atom. The van der Waals surface area contributed by atoms with Crippen molar-refractivity contribution in [3.05, 3.63) is 76.9 Å². The van der Waals surface area contributed by atoms with E-state index in [0.717, 1.165) is 16.8 Å². The first-order valence-electron chi connectivity index (χ1n) is 6.79. The van der Waals surface area contributed by atoms with Crippen LogP contribution in [-0.2, 0) is 0 Å². The van der Waals surface area contributed by atoms with Crippen molar-refractivity contribution in [3.63, 3.8) is 0 Å². The van der Waals surface area contributed by atoms with Gasteiger partial charge in [0.1, 0.15) is 22.1 Å². The molecule has 0 saturated heterocycles. The zero-order chi connectivity index (χ0) is 15.5. The largest absolute Gasteiger partial charge is 0.384 e. The van der Waals surface area contributed by atoms with Gasteiger partial charge in [-0.25, -0.2) is 0 Å². The molecule has 0 bridgehead atoms. The summed E-state index contributed by atoms with van der Waals surface area (Å²) in [5.41, 5.74) is 9.21. The number of nitrogens with zero attached hydrogens (tertiary/aromatic N) is 2. The Bertz CT molecular complexity index is 907. The molecule has 106 valence electrons. The summed E-state index contributed by atoms with van der Waals surface area (Å²) in [5, 5.41) is 9.55. The van der Waals surface area contributed by atoms with Gasteiger partial charge >= 0.3 is 0 Å². The van der Waals surface area contributed by atoms with Crippen LogP contribution in [0.3, 0.4) is 0 Å². The van der Waals surface area contributed by atoms with Crippen molar-refractivity contribution >= 4 is 18.0 Å². The molecule has 0 aliphatic carbocycles. The van der Waals surface area contributed by atoms with Crippen LogP contribution < -0.4 is 5.73 Å². The number of aromatic nitrogens is 1. The second-order valence-electron chi connectivity index (χ2n) is 4.81. The van der Waals surface area contributed by atoms with Crippen LogP contribution in [0.25, 0.3) is 16.8 Å². The van der Waals surface area contributed by atoms with Crippen LogP contribution in [0.5, 0.6) is 0 Å². The molecule has 0 aliphatic heterocycles. The van der Waals surface area contributed by atoms with E-state index in [2.05, 4.69) is 6.07 Å². The first-order valence-corrected chi connectivity index (χ1v) is 7.19. The van der Waals surface area contributed by atoms with Gasteiger partial charge in [0, 0.05) is 11.3 Å². The van der Waals surface area contributed by atoms with Crippen molar-refractivity contribution in [2.24, 2.45) is 0 Å². The molecular formula is C18H13N3S. The molecule has 3 aromatic rings. The second kappa shape index (κ2) is 5.84. The summed E-state index contributed by atoms with van der Waals surface area (Å²) >= 11 is 5.49. The number of para-hydroxylation sites is 1. The van der Waals surface area contributed by atoms with Crippen molar-refractivity contribution < 1.29 is 0 Å². The zero-order valence-electron chi connectivity index (χ0n) is 11.7. The Labute approximate surface area is 133 Å². The Kier molecular flexibility index (Phi) is 3.73. The predicted octanol–water partition coefficient (Wildman–Crippen LogP) is 4.33. The SMILES string of the molecule is N#Cc1c(-c2ccccc2)cc(=S)n(-c2ccccc2)c1N. The van der Waals surface area contributed by atoms with E-state index in [1.165, 1.54) is 0 Å². The van der Waals surface area contributed by atoms with Crippen molar-refractivity contribution in [2.75, 3.05) is 5.73 Å². The number of nitrogens with two attached hydrogens (primary N) is 1. The van der Waals surface area contributed by atoms with Gasteiger partial charge in [0.05, 0.1) is 0 Å². The first-order chi connectivity index (χ1) is 10.7. The van der Waals surface area contributed by atoms with Crippen LogP contribution >= 0.6 is 12.2 Å². The molecule has 3 rings (SSSR count). The maximum Gasteiger partial charge on any atom is 0.127 e. The molecule has 0 fully saturated rings. The van der Waals surface area contributed by atoms with E-state index in [1.807, 2.05) is 66.7 Å². The lowest BCUT2D eigenvalue weighted by atomic mass is 10.0. The van der Waals surface area contributed by atoms with Gasteiger partial charge in [-0.1, -0.05) is 60.7 Å². The van der Waals surface area contributed by atoms with E-state index >= 15 is 0 Å². The van der Waals surface area contributed by atoms with Gasteiger partial charge < -0.3 is 5.73 Å². The fourth-order valence-electron chi connectivity index (χ4n) is 2.43. The van der Waals surface area contributed by atoms with Crippen LogP contribution in [0.2, 0.25) is 0 Å². The summed E-state index contributed by atoms with van der Waals surface area (Å²) < 4.78 is 2.29. The Morgan fingerprint density at radius 3 is 2.14 bits per heavy atom. The summed E-state index contributed by atoms with van der Waals surface area (Å²) in [7, 11) is 0. The van der Waals surface area contributed by atoms with Gasteiger partial charge in [-0.3, -0.25) is 4.57 Å². The minimum absolute atomic E-state index is 0.361. The van der Waals surface area contributed by atoms with E-state index < -0.39 is 0 Å². The van der Waals surface area contributed by atoms with E-state index in [1.54, 1.807) is 4.57 Å². The average Bonchev–Trinajstić information content (AvgIpc) is 2.56. The molecule has 2 N–H and O–H groups in total. The summed E-state index contributed by atoms with van der Waals surface area (Å²) in [6.07, 6.45) is 0. The van der Waals surface area contributed by atoms with Gasteiger partial charge in [-0.05, 0) is 23.8 Å². The van der Waals surface area contributed by atoms with Gasteiger partial charge in [0.25, 0.3) is 0 Å². The van der Waals surface area contributed by atoms with Crippen molar-refractivity contribution in [2.45, 2.75) is 0 Å². The Balaban J connectivity index is 2.31. The molecule has 0 spiro atoms. The first kappa shape index (κ1) is 14.1. The van der Waals surface area contributed by atoms with Crippen molar-refractivity contribution in [1.82, 2.24) is 4.57 Å². The third-order valence-corrected chi connectivity index (χ3v) is 3.77. The minimum atomic E-state index is 0.361. The number of anilines is 1. The molecule has 0 amide bonds. The number of hydrogen-bond donors (Lipinski definition) is 1. The molecule has 22 heavy (non-hydrogen) atoms. The summed E-state index contributed by atoms with van der Waals surface area (Å²) in [4.78, 5) is 0. The highest BCUT2D eigenvalue weighted by molar-refractivity contribution is 7.71. The number of nitrogen functional groups attached to an aromatic ring is 1. The molecule has 3 nitrogen and oxygen atoms in total. The molecule has 2 aromatic carbocycles. The van der Waals surface area contributed by atoms with Crippen LogP contribution in [-0.4, -0.2) is 4.57 Å². The van der Waals surface area contributed by atoms with E-state index in [9.17, 15) is 5.26 Å². The highest BCUT2D eigenvalue weighted by atomic mass is 32.1. The van der Waals surface area contributed by atoms with Crippen LogP contribution in [0, 0.1) is 16.0 Å². The maximum atomic E-state index is 9.55. The molecule has 4 heteroatoms. The topological polar surface area (TPSA) is 54.7 Å². The summed E-state index contributed by atoms with van der Waals surface area (Å²) in [6.45, 7) is 0. The Morgan fingerprint density at radius 1 is 0.955 bits per heavy atom. The number of hydrogen-bond acceptors (Lipinski definition) is 3. The monoisotopic (exact) mass is 303 g/mol. The quantitative estimate of drug-likeness (QED) is 0.717. The van der Waals surface area contributed by atoms with Gasteiger partial charge in [-0.15, -0.1) is 0 Å². The van der Waals surface area contributed by atoms with Crippen LogP contribution in [0.1, 0.15) is 5.56 Å². The summed E-state index contributed by atoms with van der Waals surface area (Å²) in [5.74, 6) is 0.361. The standard InChI is InChI=1S/C18H13N3S/c19-12-16-15(13-7-3-1-4-8-13)11-17(22)21(18(16)20)14-9-5-2-6-10-14/h1-11H,20H2. The molecule has 1 aromatic heterocycles. The predicted molar refractivity (Wildman–Crippen MR) is 91.2 cm³/mol. The third kappa shape index (κ3) is 2.39. The third-order valence-electron chi connectivity index (χ3n) is 3.47. The summed E-state index contributed by atoms with van der Waals surface area (Å²) in [6, 6.07) is 23.3. The van der Waals surface area contributed by atoms with Crippen LogP contribution in [0.4, 0.5) is 5.82 Å². The van der Waals surface area contributed by atoms with Crippen LogP contribution in [0.15, 0.2) is 66.7 Å². The van der Waals surface area contributed by atoms with Crippen molar-refractivity contribution in [3.8, 4) is 22.9 Å². The molecule has 0 unspecified atom stereocenters. The number of nitriles is 1. The lowest BCUT2D eigenvalue weighted by Crippen LogP contribution is -2.08. The second-order valence-corrected chi connectivity index (χ2v) is 5.22. The van der Waals surface area contributed by atoms with Gasteiger partial charge in [0.2, 0.25) is 0 Å². The number of benzene rings is 2. The average molecular weight is 303 g/mol. The molecule has 0 saturated carbocycles. The zero-order valence-corrected chi connectivity index (χ0v) is 12.5. The van der Waals surface area contributed by atoms with E-state index in [4.69, 9.17) is 18.0 Å². The smallest absolute Gasteiger partial charge is 0.127 e. The lowest BCUT2D eigenvalue weighted by molar-refractivity contribution is 1.04. The van der Waals surface area contributed by atoms with E-state index in [0.29, 0.717) is 16.0 Å². The molecule has 0 radical (unpaired) electrons. The van der Waals surface area contributed by atoms with Gasteiger partial charge in [-0.2, -0.15) is 5.26 Å². The molecule has 1 heterocycles. The fraction of sp³-hybridized carbons (Fsp3) is 0. The van der Waals surface area contributed by atoms with E-state index in [-0.39, 0.29) is 0 Å². The fourth-order valence-corrected chi connectivity index (χ4v) is 2.76. The highest BCUT2D eigenvalue weighted by Gasteiger charge is 2.14. The Hall–Kier alpha value is -2.90. The molecule has 0 aliphatic rings. The number of pyridine rings is 1. The number of rotatable bonds is 2.